The average Bonchev–Trinajstić information content (AvgIpc) is 2.84. The van der Waals surface area contributed by atoms with E-state index in [1.165, 1.54) is 10.9 Å². The van der Waals surface area contributed by atoms with Gasteiger partial charge < -0.3 is 5.32 Å². The molecule has 2 rings (SSSR count). The lowest BCUT2D eigenvalue weighted by molar-refractivity contribution is 0.102. The van der Waals surface area contributed by atoms with Crippen molar-refractivity contribution >= 4 is 23.3 Å². The summed E-state index contributed by atoms with van der Waals surface area (Å²) in [7, 11) is 1.68. The molecule has 0 atom stereocenters. The van der Waals surface area contributed by atoms with E-state index in [4.69, 9.17) is 5.26 Å². The Bertz CT molecular complexity index is 607. The van der Waals surface area contributed by atoms with E-state index in [1.807, 2.05) is 6.07 Å². The quantitative estimate of drug-likeness (QED) is 0.844. The van der Waals surface area contributed by atoms with Crippen LogP contribution in [0, 0.1) is 18.3 Å². The molecule has 0 saturated heterocycles. The summed E-state index contributed by atoms with van der Waals surface area (Å²) in [6.45, 7) is 1.70. The number of nitrogens with one attached hydrogen (secondary N) is 1. The molecular weight excluding hydrogens is 240 g/mol. The van der Waals surface area contributed by atoms with Crippen LogP contribution in [0.4, 0.5) is 5.82 Å². The molecule has 0 aliphatic carbocycles. The Kier molecular flexibility index (Phi) is 2.84. The molecule has 8 heteroatoms. The van der Waals surface area contributed by atoms with Gasteiger partial charge in [-0.15, -0.1) is 5.10 Å². The van der Waals surface area contributed by atoms with Crippen LogP contribution in [0.3, 0.4) is 0 Å². The fourth-order valence-electron chi connectivity index (χ4n) is 1.27. The standard InChI is InChI=1S/C9H8N6OS/c1-5-7(17-14-12-5)9(16)11-8-6(3-10)4-15(2)13-8/h4H,1-2H3,(H,11,13,16). The van der Waals surface area contributed by atoms with Gasteiger partial charge in [-0.1, -0.05) is 4.49 Å². The predicted molar refractivity (Wildman–Crippen MR) is 60.5 cm³/mol. The smallest absolute Gasteiger partial charge is 0.270 e. The van der Waals surface area contributed by atoms with Crippen LogP contribution in [0.1, 0.15) is 20.9 Å². The Hall–Kier alpha value is -2.27. The number of aryl methyl sites for hydroxylation is 2. The Morgan fingerprint density at radius 3 is 3.00 bits per heavy atom. The van der Waals surface area contributed by atoms with E-state index >= 15 is 0 Å². The number of hydrogen-bond acceptors (Lipinski definition) is 6. The summed E-state index contributed by atoms with van der Waals surface area (Å²) < 4.78 is 5.14. The average molecular weight is 248 g/mol. The van der Waals surface area contributed by atoms with Crippen molar-refractivity contribution in [2.75, 3.05) is 5.32 Å². The van der Waals surface area contributed by atoms with Crippen molar-refractivity contribution in [2.45, 2.75) is 6.92 Å². The summed E-state index contributed by atoms with van der Waals surface area (Å²) in [5.41, 5.74) is 0.873. The highest BCUT2D eigenvalue weighted by Crippen LogP contribution is 2.15. The van der Waals surface area contributed by atoms with Crippen LogP contribution in [-0.2, 0) is 7.05 Å². The van der Waals surface area contributed by atoms with Crippen LogP contribution in [-0.4, -0.2) is 25.3 Å². The van der Waals surface area contributed by atoms with Crippen molar-refractivity contribution in [2.24, 2.45) is 7.05 Å². The number of nitriles is 1. The zero-order valence-corrected chi connectivity index (χ0v) is 9.95. The predicted octanol–water partition coefficient (Wildman–Crippen LogP) is 0.704. The van der Waals surface area contributed by atoms with Crippen molar-refractivity contribution in [3.8, 4) is 6.07 Å². The summed E-state index contributed by atoms with van der Waals surface area (Å²) in [6, 6.07) is 1.96. The maximum Gasteiger partial charge on any atom is 0.270 e. The van der Waals surface area contributed by atoms with E-state index < -0.39 is 0 Å². The van der Waals surface area contributed by atoms with E-state index in [-0.39, 0.29) is 11.7 Å². The highest BCUT2D eigenvalue weighted by molar-refractivity contribution is 7.08. The van der Waals surface area contributed by atoms with E-state index in [0.717, 1.165) is 11.5 Å². The highest BCUT2D eigenvalue weighted by Gasteiger charge is 2.16. The second-order valence-corrected chi connectivity index (χ2v) is 4.07. The van der Waals surface area contributed by atoms with Gasteiger partial charge >= 0.3 is 0 Å². The fraction of sp³-hybridized carbons (Fsp3) is 0.222. The number of amides is 1. The van der Waals surface area contributed by atoms with E-state index in [0.29, 0.717) is 16.1 Å². The SMILES string of the molecule is Cc1nnsc1C(=O)Nc1nn(C)cc1C#N. The largest absolute Gasteiger partial charge is 0.303 e. The van der Waals surface area contributed by atoms with Gasteiger partial charge in [0.1, 0.15) is 16.5 Å². The van der Waals surface area contributed by atoms with E-state index in [1.54, 1.807) is 14.0 Å². The first-order valence-corrected chi connectivity index (χ1v) is 5.43. The second kappa shape index (κ2) is 4.31. The molecule has 0 aromatic carbocycles. The zero-order valence-electron chi connectivity index (χ0n) is 9.13. The lowest BCUT2D eigenvalue weighted by Crippen LogP contribution is -2.13. The molecule has 2 heterocycles. The topological polar surface area (TPSA) is 96.5 Å². The van der Waals surface area contributed by atoms with Crippen molar-refractivity contribution in [3.63, 3.8) is 0 Å². The number of rotatable bonds is 2. The van der Waals surface area contributed by atoms with E-state index in [9.17, 15) is 4.79 Å². The molecule has 2 aromatic rings. The van der Waals surface area contributed by atoms with Crippen LogP contribution in [0.2, 0.25) is 0 Å². The van der Waals surface area contributed by atoms with Gasteiger partial charge in [0, 0.05) is 13.2 Å². The summed E-state index contributed by atoms with van der Waals surface area (Å²) in [4.78, 5) is 12.3. The summed E-state index contributed by atoms with van der Waals surface area (Å²) in [6.07, 6.45) is 1.54. The third kappa shape index (κ3) is 2.14. The molecule has 0 spiro atoms. The molecule has 0 radical (unpaired) electrons. The molecule has 0 saturated carbocycles. The number of carbonyl (C=O) groups excluding carboxylic acids is 1. The lowest BCUT2D eigenvalue weighted by Gasteiger charge is -1.99. The number of hydrogen-bond donors (Lipinski definition) is 1. The summed E-state index contributed by atoms with van der Waals surface area (Å²) >= 11 is 1.01. The van der Waals surface area contributed by atoms with Gasteiger partial charge in [0.2, 0.25) is 0 Å². The van der Waals surface area contributed by atoms with Crippen molar-refractivity contribution in [1.29, 1.82) is 5.26 Å². The number of aromatic nitrogens is 4. The summed E-state index contributed by atoms with van der Waals surface area (Å²) in [5, 5.41) is 19.1. The second-order valence-electron chi connectivity index (χ2n) is 3.32. The maximum atomic E-state index is 11.8. The number of carbonyl (C=O) groups is 1. The molecule has 0 aliphatic rings. The minimum atomic E-state index is -0.354. The van der Waals surface area contributed by atoms with Gasteiger partial charge in [-0.2, -0.15) is 10.4 Å². The Labute approximate surface area is 101 Å². The molecule has 0 unspecified atom stereocenters. The van der Waals surface area contributed by atoms with Crippen molar-refractivity contribution < 1.29 is 4.79 Å². The van der Waals surface area contributed by atoms with Crippen LogP contribution >= 0.6 is 11.5 Å². The van der Waals surface area contributed by atoms with Gasteiger partial charge in [-0.3, -0.25) is 9.48 Å². The van der Waals surface area contributed by atoms with Gasteiger partial charge in [0.15, 0.2) is 5.82 Å². The fourth-order valence-corrected chi connectivity index (χ4v) is 1.82. The van der Waals surface area contributed by atoms with Crippen molar-refractivity contribution in [3.05, 3.63) is 22.3 Å². The van der Waals surface area contributed by atoms with Crippen LogP contribution < -0.4 is 5.32 Å². The molecule has 86 valence electrons. The van der Waals surface area contributed by atoms with Crippen molar-refractivity contribution in [1.82, 2.24) is 19.4 Å². The third-order valence-corrected chi connectivity index (χ3v) is 2.87. The first-order valence-electron chi connectivity index (χ1n) is 4.66. The molecule has 0 bridgehead atoms. The normalized spacial score (nSPS) is 9.94. The van der Waals surface area contributed by atoms with Gasteiger partial charge in [0.05, 0.1) is 5.69 Å². The minimum Gasteiger partial charge on any atom is -0.303 e. The molecule has 0 aliphatic heterocycles. The molecule has 0 fully saturated rings. The van der Waals surface area contributed by atoms with E-state index in [2.05, 4.69) is 20.0 Å². The molecule has 7 nitrogen and oxygen atoms in total. The molecular formula is C9H8N6OS. The van der Waals surface area contributed by atoms with Crippen LogP contribution in [0.5, 0.6) is 0 Å². The molecule has 17 heavy (non-hydrogen) atoms. The molecule has 2 aromatic heterocycles. The van der Waals surface area contributed by atoms with Gasteiger partial charge in [0.25, 0.3) is 5.91 Å². The lowest BCUT2D eigenvalue weighted by atomic mass is 10.3. The minimum absolute atomic E-state index is 0.243. The number of nitrogens with zero attached hydrogens (tertiary/aromatic N) is 5. The van der Waals surface area contributed by atoms with Gasteiger partial charge in [-0.05, 0) is 18.5 Å². The van der Waals surface area contributed by atoms with Crippen LogP contribution in [0.15, 0.2) is 6.20 Å². The van der Waals surface area contributed by atoms with Gasteiger partial charge in [-0.25, -0.2) is 0 Å². The first-order chi connectivity index (χ1) is 8.11. The molecule has 1 amide bonds. The Balaban J connectivity index is 2.25. The summed E-state index contributed by atoms with van der Waals surface area (Å²) in [5.74, 6) is -0.111. The van der Waals surface area contributed by atoms with Crippen LogP contribution in [0.25, 0.3) is 0 Å². The number of anilines is 1. The molecule has 1 N–H and O–H groups in total. The maximum absolute atomic E-state index is 11.8. The zero-order chi connectivity index (χ0) is 12.4. The third-order valence-electron chi connectivity index (χ3n) is 2.04. The first kappa shape index (κ1) is 11.2. The monoisotopic (exact) mass is 248 g/mol. The Morgan fingerprint density at radius 2 is 2.41 bits per heavy atom. The Morgan fingerprint density at radius 1 is 1.65 bits per heavy atom. The highest BCUT2D eigenvalue weighted by atomic mass is 32.1.